The number of likely N-dealkylation sites (N-methyl/N-ethyl adjacent to an activating group) is 1. The van der Waals surface area contributed by atoms with Gasteiger partial charge >= 0.3 is 0 Å². The minimum atomic E-state index is -4.26. The van der Waals surface area contributed by atoms with E-state index in [-0.39, 0.29) is 27.2 Å². The van der Waals surface area contributed by atoms with E-state index in [1.54, 1.807) is 30.3 Å². The predicted molar refractivity (Wildman–Crippen MR) is 153 cm³/mol. The Balaban J connectivity index is 2.10. The van der Waals surface area contributed by atoms with Crippen LogP contribution in [0.4, 0.5) is 5.69 Å². The minimum absolute atomic E-state index is 0.0351. The summed E-state index contributed by atoms with van der Waals surface area (Å²) in [6.45, 7) is 2.56. The molecule has 38 heavy (non-hydrogen) atoms. The van der Waals surface area contributed by atoms with Crippen LogP contribution in [-0.2, 0) is 26.2 Å². The molecular formula is C26H25Cl4N3O4S. The molecule has 3 aromatic carbocycles. The van der Waals surface area contributed by atoms with Crippen LogP contribution in [0.5, 0.6) is 0 Å². The first-order valence-electron chi connectivity index (χ1n) is 11.3. The first-order chi connectivity index (χ1) is 17.8. The molecule has 7 nitrogen and oxygen atoms in total. The fourth-order valence-corrected chi connectivity index (χ4v) is 6.12. The number of anilines is 1. The zero-order chi connectivity index (χ0) is 28.2. The molecule has 0 saturated carbocycles. The Morgan fingerprint density at radius 1 is 0.921 bits per heavy atom. The summed E-state index contributed by atoms with van der Waals surface area (Å²) >= 11 is 25.0. The number of carbonyl (C=O) groups excluding carboxylic acids is 2. The number of nitrogens with one attached hydrogen (secondary N) is 1. The second kappa shape index (κ2) is 12.6. The van der Waals surface area contributed by atoms with Crippen LogP contribution in [0.1, 0.15) is 18.1 Å². The number of rotatable bonds is 9. The smallest absolute Gasteiger partial charge is 0.264 e. The molecule has 0 fully saturated rings. The van der Waals surface area contributed by atoms with Crippen LogP contribution in [0.3, 0.4) is 0 Å². The Morgan fingerprint density at radius 2 is 1.47 bits per heavy atom. The van der Waals surface area contributed by atoms with Crippen molar-refractivity contribution in [2.45, 2.75) is 31.3 Å². The van der Waals surface area contributed by atoms with Crippen LogP contribution >= 0.6 is 46.4 Å². The van der Waals surface area contributed by atoms with E-state index in [1.807, 2.05) is 6.92 Å². The molecule has 0 aliphatic heterocycles. The average molecular weight is 617 g/mol. The number of hydrogen-bond donors (Lipinski definition) is 1. The first-order valence-corrected chi connectivity index (χ1v) is 14.3. The fraction of sp³-hybridized carbons (Fsp3) is 0.231. The van der Waals surface area contributed by atoms with Crippen molar-refractivity contribution in [1.29, 1.82) is 0 Å². The molecule has 1 atom stereocenters. The van der Waals surface area contributed by atoms with Crippen molar-refractivity contribution in [1.82, 2.24) is 10.2 Å². The summed E-state index contributed by atoms with van der Waals surface area (Å²) in [6.07, 6.45) is 0. The molecular weight excluding hydrogens is 592 g/mol. The maximum atomic E-state index is 13.8. The number of hydrogen-bond acceptors (Lipinski definition) is 4. The third kappa shape index (κ3) is 6.93. The predicted octanol–water partition coefficient (Wildman–Crippen LogP) is 5.97. The molecule has 0 saturated heterocycles. The molecule has 0 bridgehead atoms. The van der Waals surface area contributed by atoms with Gasteiger partial charge in [0.15, 0.2) is 0 Å². The van der Waals surface area contributed by atoms with E-state index in [9.17, 15) is 18.0 Å². The maximum absolute atomic E-state index is 13.8. The number of benzene rings is 3. The van der Waals surface area contributed by atoms with Gasteiger partial charge in [-0.1, -0.05) is 70.2 Å². The zero-order valence-electron chi connectivity index (χ0n) is 20.7. The van der Waals surface area contributed by atoms with Gasteiger partial charge < -0.3 is 10.2 Å². The Kier molecular flexibility index (Phi) is 9.95. The second-order valence-electron chi connectivity index (χ2n) is 8.46. The Hall–Kier alpha value is -2.49. The van der Waals surface area contributed by atoms with E-state index >= 15 is 0 Å². The van der Waals surface area contributed by atoms with Gasteiger partial charge in [0, 0.05) is 39.2 Å². The van der Waals surface area contributed by atoms with Crippen molar-refractivity contribution < 1.29 is 18.0 Å². The quantitative estimate of drug-likeness (QED) is 0.321. The van der Waals surface area contributed by atoms with Crippen molar-refractivity contribution >= 4 is 73.9 Å². The summed E-state index contributed by atoms with van der Waals surface area (Å²) in [5.74, 6) is -1.14. The van der Waals surface area contributed by atoms with Crippen molar-refractivity contribution in [3.05, 3.63) is 91.9 Å². The van der Waals surface area contributed by atoms with Crippen molar-refractivity contribution in [2.24, 2.45) is 0 Å². The monoisotopic (exact) mass is 615 g/mol. The summed E-state index contributed by atoms with van der Waals surface area (Å²) in [6, 6.07) is 14.3. The van der Waals surface area contributed by atoms with Crippen molar-refractivity contribution in [3.63, 3.8) is 0 Å². The summed E-state index contributed by atoms with van der Waals surface area (Å²) < 4.78 is 28.5. The van der Waals surface area contributed by atoms with Gasteiger partial charge in [0.2, 0.25) is 11.8 Å². The lowest BCUT2D eigenvalue weighted by molar-refractivity contribution is -0.139. The topological polar surface area (TPSA) is 86.8 Å². The Labute approximate surface area is 242 Å². The molecule has 12 heteroatoms. The normalized spacial score (nSPS) is 12.1. The SMILES string of the molecule is CNC(=O)C(C)N(Cc1c(Cl)cccc1Cl)C(=O)CN(c1cc(Cl)cc(Cl)c1)S(=O)(=O)c1ccc(C)cc1. The van der Waals surface area contributed by atoms with Gasteiger partial charge in [-0.05, 0) is 56.3 Å². The van der Waals surface area contributed by atoms with E-state index in [0.717, 1.165) is 9.87 Å². The van der Waals surface area contributed by atoms with Gasteiger partial charge in [-0.15, -0.1) is 0 Å². The van der Waals surface area contributed by atoms with Gasteiger partial charge in [0.25, 0.3) is 10.0 Å². The highest BCUT2D eigenvalue weighted by atomic mass is 35.5. The molecule has 3 rings (SSSR count). The van der Waals surface area contributed by atoms with Gasteiger partial charge in [-0.25, -0.2) is 8.42 Å². The summed E-state index contributed by atoms with van der Waals surface area (Å²) in [4.78, 5) is 27.6. The number of halogens is 4. The molecule has 0 heterocycles. The van der Waals surface area contributed by atoms with E-state index < -0.39 is 34.4 Å². The summed E-state index contributed by atoms with van der Waals surface area (Å²) in [7, 11) is -2.82. The molecule has 0 aliphatic rings. The highest BCUT2D eigenvalue weighted by Crippen LogP contribution is 2.31. The van der Waals surface area contributed by atoms with Gasteiger partial charge in [0.1, 0.15) is 12.6 Å². The third-order valence-electron chi connectivity index (χ3n) is 5.83. The van der Waals surface area contributed by atoms with Gasteiger partial charge in [-0.2, -0.15) is 0 Å². The van der Waals surface area contributed by atoms with Crippen LogP contribution in [0.2, 0.25) is 20.1 Å². The molecule has 2 amide bonds. The van der Waals surface area contributed by atoms with Crippen LogP contribution in [0.25, 0.3) is 0 Å². The number of aryl methyl sites for hydroxylation is 1. The lowest BCUT2D eigenvalue weighted by Crippen LogP contribution is -2.50. The van der Waals surface area contributed by atoms with Crippen molar-refractivity contribution in [3.8, 4) is 0 Å². The van der Waals surface area contributed by atoms with Crippen molar-refractivity contribution in [2.75, 3.05) is 17.9 Å². The molecule has 1 unspecified atom stereocenters. The Morgan fingerprint density at radius 3 is 2.00 bits per heavy atom. The summed E-state index contributed by atoms with van der Waals surface area (Å²) in [5, 5.41) is 3.47. The molecule has 0 spiro atoms. The van der Waals surface area contributed by atoms with Gasteiger partial charge in [-0.3, -0.25) is 13.9 Å². The molecule has 0 aromatic heterocycles. The molecule has 3 aromatic rings. The van der Waals surface area contributed by atoms with Crippen LogP contribution in [0, 0.1) is 6.92 Å². The molecule has 0 aliphatic carbocycles. The highest BCUT2D eigenvalue weighted by Gasteiger charge is 2.33. The largest absolute Gasteiger partial charge is 0.357 e. The third-order valence-corrected chi connectivity index (χ3v) is 8.76. The fourth-order valence-electron chi connectivity index (χ4n) is 3.69. The maximum Gasteiger partial charge on any atom is 0.264 e. The van der Waals surface area contributed by atoms with Crippen LogP contribution in [-0.4, -0.2) is 44.8 Å². The van der Waals surface area contributed by atoms with E-state index in [4.69, 9.17) is 46.4 Å². The highest BCUT2D eigenvalue weighted by molar-refractivity contribution is 7.92. The lowest BCUT2D eigenvalue weighted by Gasteiger charge is -2.32. The van der Waals surface area contributed by atoms with E-state index in [2.05, 4.69) is 5.32 Å². The van der Waals surface area contributed by atoms with Gasteiger partial charge in [0.05, 0.1) is 10.6 Å². The number of nitrogens with zero attached hydrogens (tertiary/aromatic N) is 2. The number of sulfonamides is 1. The Bertz CT molecular complexity index is 1410. The minimum Gasteiger partial charge on any atom is -0.357 e. The molecule has 1 N–H and O–H groups in total. The molecule has 0 radical (unpaired) electrons. The zero-order valence-corrected chi connectivity index (χ0v) is 24.6. The lowest BCUT2D eigenvalue weighted by atomic mass is 10.1. The average Bonchev–Trinajstić information content (AvgIpc) is 2.85. The molecule has 202 valence electrons. The first kappa shape index (κ1) is 30.1. The summed E-state index contributed by atoms with van der Waals surface area (Å²) in [5.41, 5.74) is 1.36. The van der Waals surface area contributed by atoms with E-state index in [0.29, 0.717) is 15.6 Å². The van der Waals surface area contributed by atoms with Crippen LogP contribution in [0.15, 0.2) is 65.6 Å². The van der Waals surface area contributed by atoms with Crippen LogP contribution < -0.4 is 9.62 Å². The number of carbonyl (C=O) groups is 2. The second-order valence-corrected chi connectivity index (χ2v) is 12.0. The standard InChI is InChI=1S/C26H25Cl4N3O4S/c1-16-7-9-21(10-8-16)38(36,37)33(20-12-18(27)11-19(28)13-20)15-25(34)32(17(2)26(35)31-3)14-22-23(29)5-4-6-24(22)30/h4-13,17H,14-15H2,1-3H3,(H,31,35). The number of amides is 2. The van der Waals surface area contributed by atoms with E-state index in [1.165, 1.54) is 49.2 Å².